The van der Waals surface area contributed by atoms with Gasteiger partial charge in [-0.15, -0.1) is 0 Å². The third kappa shape index (κ3) is 3.98. The quantitative estimate of drug-likeness (QED) is 0.737. The smallest absolute Gasteiger partial charge is 0.319 e. The molecule has 1 aromatic carbocycles. The third-order valence-electron chi connectivity index (χ3n) is 4.43. The maximum atomic E-state index is 12.5. The van der Waals surface area contributed by atoms with Crippen LogP contribution < -0.4 is 10.6 Å². The number of nitrogens with zero attached hydrogens (tertiary/aromatic N) is 2. The molecule has 0 aliphatic carbocycles. The lowest BCUT2D eigenvalue weighted by atomic mass is 10.0. The first kappa shape index (κ1) is 17.2. The minimum atomic E-state index is -0.273. The van der Waals surface area contributed by atoms with Gasteiger partial charge in [-0.05, 0) is 49.2 Å². The van der Waals surface area contributed by atoms with E-state index in [1.165, 1.54) is 0 Å². The molecule has 1 aliphatic heterocycles. The van der Waals surface area contributed by atoms with E-state index in [0.717, 1.165) is 23.3 Å². The largest absolute Gasteiger partial charge is 0.441 e. The number of urea groups is 1. The lowest BCUT2D eigenvalue weighted by Gasteiger charge is -2.20. The summed E-state index contributed by atoms with van der Waals surface area (Å²) in [6, 6.07) is 10.8. The summed E-state index contributed by atoms with van der Waals surface area (Å²) in [4.78, 5) is 20.7. The minimum Gasteiger partial charge on any atom is -0.441 e. The number of anilines is 1. The fourth-order valence-corrected chi connectivity index (χ4v) is 3.17. The van der Waals surface area contributed by atoms with Crippen molar-refractivity contribution in [3.8, 4) is 11.5 Å². The number of pyridine rings is 1. The zero-order valence-electron chi connectivity index (χ0n) is 14.9. The number of ether oxygens (including phenoxy) is 1. The summed E-state index contributed by atoms with van der Waals surface area (Å²) in [5.41, 5.74) is 2.48. The van der Waals surface area contributed by atoms with Gasteiger partial charge in [-0.3, -0.25) is 4.98 Å². The Bertz CT molecular complexity index is 926. The molecule has 0 unspecified atom stereocenters. The Morgan fingerprint density at radius 3 is 2.85 bits per heavy atom. The molecular weight excluding hydrogens is 344 g/mol. The number of oxazole rings is 1. The van der Waals surface area contributed by atoms with Gasteiger partial charge in [0.25, 0.3) is 0 Å². The monoisotopic (exact) mass is 364 g/mol. The van der Waals surface area contributed by atoms with Crippen molar-refractivity contribution in [1.82, 2.24) is 15.3 Å². The molecule has 3 heterocycles. The molecule has 0 radical (unpaired) electrons. The summed E-state index contributed by atoms with van der Waals surface area (Å²) in [5, 5.41) is 5.88. The second-order valence-corrected chi connectivity index (χ2v) is 6.42. The van der Waals surface area contributed by atoms with Gasteiger partial charge in [0.2, 0.25) is 5.89 Å². The number of nitrogens with one attached hydrogen (secondary N) is 2. The number of amides is 2. The van der Waals surface area contributed by atoms with Gasteiger partial charge >= 0.3 is 6.03 Å². The standard InChI is InChI=1S/C20H20N4O3/c1-13-12-22-19(27-13)15-3-2-4-16(11-15)23-20(25)24-17-7-10-26-18(17)14-5-8-21-9-6-14/h2-6,8-9,11-12,17-18H,7,10H2,1H3,(H2,23,24,25)/t17-,18+/m1/s1. The molecule has 0 spiro atoms. The summed E-state index contributed by atoms with van der Waals surface area (Å²) in [6.07, 6.45) is 5.71. The Hall–Kier alpha value is -3.19. The molecule has 1 fully saturated rings. The summed E-state index contributed by atoms with van der Waals surface area (Å²) >= 11 is 0. The van der Waals surface area contributed by atoms with Crippen LogP contribution >= 0.6 is 0 Å². The van der Waals surface area contributed by atoms with Crippen LogP contribution in [0.1, 0.15) is 23.8 Å². The Morgan fingerprint density at radius 1 is 1.22 bits per heavy atom. The molecule has 7 heteroatoms. The second kappa shape index (κ2) is 7.59. The third-order valence-corrected chi connectivity index (χ3v) is 4.43. The first-order chi connectivity index (χ1) is 13.2. The van der Waals surface area contributed by atoms with Crippen LogP contribution in [0.4, 0.5) is 10.5 Å². The van der Waals surface area contributed by atoms with E-state index in [9.17, 15) is 4.79 Å². The number of aryl methyl sites for hydroxylation is 1. The van der Waals surface area contributed by atoms with Crippen molar-refractivity contribution >= 4 is 11.7 Å². The highest BCUT2D eigenvalue weighted by Gasteiger charge is 2.30. The molecule has 3 aromatic rings. The Labute approximate surface area is 156 Å². The fraction of sp³-hybridized carbons (Fsp3) is 0.250. The number of hydrogen-bond donors (Lipinski definition) is 2. The van der Waals surface area contributed by atoms with Crippen LogP contribution in [0.25, 0.3) is 11.5 Å². The Balaban J connectivity index is 1.42. The van der Waals surface area contributed by atoms with E-state index in [4.69, 9.17) is 9.15 Å². The SMILES string of the molecule is Cc1cnc(-c2cccc(NC(=O)N[C@@H]3CCO[C@H]3c3ccncc3)c2)o1. The Morgan fingerprint density at radius 2 is 2.07 bits per heavy atom. The van der Waals surface area contributed by atoms with E-state index < -0.39 is 0 Å². The molecule has 2 amide bonds. The molecule has 2 aromatic heterocycles. The van der Waals surface area contributed by atoms with Crippen molar-refractivity contribution in [3.63, 3.8) is 0 Å². The maximum absolute atomic E-state index is 12.5. The average Bonchev–Trinajstić information content (AvgIpc) is 3.31. The van der Waals surface area contributed by atoms with Crippen LogP contribution in [-0.4, -0.2) is 28.6 Å². The number of aromatic nitrogens is 2. The average molecular weight is 364 g/mol. The van der Waals surface area contributed by atoms with Gasteiger partial charge in [0.05, 0.1) is 12.2 Å². The molecule has 27 heavy (non-hydrogen) atoms. The molecule has 2 atom stereocenters. The fourth-order valence-electron chi connectivity index (χ4n) is 3.17. The summed E-state index contributed by atoms with van der Waals surface area (Å²) in [7, 11) is 0. The predicted octanol–water partition coefficient (Wildman–Crippen LogP) is 3.70. The van der Waals surface area contributed by atoms with Crippen molar-refractivity contribution in [2.75, 3.05) is 11.9 Å². The van der Waals surface area contributed by atoms with E-state index in [0.29, 0.717) is 18.2 Å². The number of hydrogen-bond acceptors (Lipinski definition) is 5. The van der Waals surface area contributed by atoms with Gasteiger partial charge in [0.15, 0.2) is 0 Å². The molecule has 0 bridgehead atoms. The number of carbonyl (C=O) groups excluding carboxylic acids is 1. The molecule has 7 nitrogen and oxygen atoms in total. The van der Waals surface area contributed by atoms with Gasteiger partial charge in [-0.2, -0.15) is 0 Å². The zero-order valence-corrected chi connectivity index (χ0v) is 14.9. The van der Waals surface area contributed by atoms with Crippen LogP contribution in [-0.2, 0) is 4.74 Å². The van der Waals surface area contributed by atoms with E-state index in [1.54, 1.807) is 18.6 Å². The normalized spacial score (nSPS) is 19.0. The van der Waals surface area contributed by atoms with Crippen molar-refractivity contribution in [1.29, 1.82) is 0 Å². The van der Waals surface area contributed by atoms with Crippen molar-refractivity contribution in [3.05, 3.63) is 66.3 Å². The van der Waals surface area contributed by atoms with Crippen LogP contribution in [0.15, 0.2) is 59.4 Å². The van der Waals surface area contributed by atoms with Gasteiger partial charge in [-0.25, -0.2) is 9.78 Å². The van der Waals surface area contributed by atoms with Crippen LogP contribution in [0.5, 0.6) is 0 Å². The second-order valence-electron chi connectivity index (χ2n) is 6.42. The van der Waals surface area contributed by atoms with Crippen LogP contribution in [0, 0.1) is 6.92 Å². The summed E-state index contributed by atoms with van der Waals surface area (Å²) < 4.78 is 11.3. The number of benzene rings is 1. The van der Waals surface area contributed by atoms with Crippen LogP contribution in [0.3, 0.4) is 0 Å². The van der Waals surface area contributed by atoms with Crippen molar-refractivity contribution in [2.24, 2.45) is 0 Å². The van der Waals surface area contributed by atoms with E-state index in [1.807, 2.05) is 43.3 Å². The topological polar surface area (TPSA) is 89.3 Å². The van der Waals surface area contributed by atoms with Crippen molar-refractivity contribution in [2.45, 2.75) is 25.5 Å². The molecule has 1 saturated heterocycles. The lowest BCUT2D eigenvalue weighted by molar-refractivity contribution is 0.100. The molecule has 1 aliphatic rings. The summed E-state index contributed by atoms with van der Waals surface area (Å²) in [5.74, 6) is 1.27. The molecule has 4 rings (SSSR count). The van der Waals surface area contributed by atoms with Crippen molar-refractivity contribution < 1.29 is 13.9 Å². The van der Waals surface area contributed by atoms with E-state index in [2.05, 4.69) is 20.6 Å². The highest BCUT2D eigenvalue weighted by Crippen LogP contribution is 2.29. The highest BCUT2D eigenvalue weighted by atomic mass is 16.5. The highest BCUT2D eigenvalue weighted by molar-refractivity contribution is 5.90. The van der Waals surface area contributed by atoms with E-state index in [-0.39, 0.29) is 18.2 Å². The van der Waals surface area contributed by atoms with Crippen LogP contribution in [0.2, 0.25) is 0 Å². The van der Waals surface area contributed by atoms with Gasteiger partial charge in [-0.1, -0.05) is 6.07 Å². The number of rotatable bonds is 4. The molecule has 2 N–H and O–H groups in total. The van der Waals surface area contributed by atoms with Gasteiger partial charge < -0.3 is 19.8 Å². The minimum absolute atomic E-state index is 0.0926. The molecular formula is C20H20N4O3. The molecule has 138 valence electrons. The predicted molar refractivity (Wildman–Crippen MR) is 100 cm³/mol. The first-order valence-electron chi connectivity index (χ1n) is 8.81. The Kier molecular flexibility index (Phi) is 4.84. The first-order valence-corrected chi connectivity index (χ1v) is 8.81. The number of carbonyl (C=O) groups is 1. The van der Waals surface area contributed by atoms with Gasteiger partial charge in [0, 0.05) is 30.3 Å². The van der Waals surface area contributed by atoms with Gasteiger partial charge in [0.1, 0.15) is 11.9 Å². The molecule has 0 saturated carbocycles. The summed E-state index contributed by atoms with van der Waals surface area (Å²) in [6.45, 7) is 2.45. The zero-order chi connectivity index (χ0) is 18.6. The maximum Gasteiger partial charge on any atom is 0.319 e. The lowest BCUT2D eigenvalue weighted by Crippen LogP contribution is -2.39. The van der Waals surface area contributed by atoms with E-state index >= 15 is 0 Å².